The Bertz CT molecular complexity index is 411. The summed E-state index contributed by atoms with van der Waals surface area (Å²) >= 11 is 1.76. The van der Waals surface area contributed by atoms with E-state index in [0.29, 0.717) is 0 Å². The van der Waals surface area contributed by atoms with Crippen LogP contribution in [0.2, 0.25) is 0 Å². The van der Waals surface area contributed by atoms with E-state index in [9.17, 15) is 0 Å². The lowest BCUT2D eigenvalue weighted by atomic mass is 10.2. The Labute approximate surface area is 99.2 Å². The summed E-state index contributed by atoms with van der Waals surface area (Å²) in [6.45, 7) is 1.59. The Hall–Kier alpha value is -1.26. The van der Waals surface area contributed by atoms with Crippen LogP contribution in [0.5, 0.6) is 0 Å². The standard InChI is InChI=1S/C12H14N2OS/c1-16-12-4-2-10(3-5-12)8-13-9-11-6-7-15-14-11/h2-7,13H,8-9H2,1H3. The van der Waals surface area contributed by atoms with Crippen LogP contribution in [0.4, 0.5) is 0 Å². The zero-order chi connectivity index (χ0) is 11.2. The minimum absolute atomic E-state index is 0.737. The van der Waals surface area contributed by atoms with Crippen molar-refractivity contribution in [2.75, 3.05) is 6.26 Å². The fraction of sp³-hybridized carbons (Fsp3) is 0.250. The van der Waals surface area contributed by atoms with E-state index in [1.54, 1.807) is 18.0 Å². The predicted molar refractivity (Wildman–Crippen MR) is 65.3 cm³/mol. The van der Waals surface area contributed by atoms with Crippen molar-refractivity contribution in [1.29, 1.82) is 0 Å². The van der Waals surface area contributed by atoms with Gasteiger partial charge in [-0.25, -0.2) is 0 Å². The van der Waals surface area contributed by atoms with Gasteiger partial charge in [-0.05, 0) is 24.0 Å². The van der Waals surface area contributed by atoms with Crippen LogP contribution in [-0.4, -0.2) is 11.4 Å². The molecule has 1 heterocycles. The average Bonchev–Trinajstić information content (AvgIpc) is 2.83. The predicted octanol–water partition coefficient (Wildman–Crippen LogP) is 2.69. The molecule has 3 nitrogen and oxygen atoms in total. The maximum atomic E-state index is 4.75. The summed E-state index contributed by atoms with van der Waals surface area (Å²) in [5.74, 6) is 0. The number of thioether (sulfide) groups is 1. The molecule has 0 saturated heterocycles. The number of hydrogen-bond donors (Lipinski definition) is 1. The fourth-order valence-corrected chi connectivity index (χ4v) is 1.82. The van der Waals surface area contributed by atoms with E-state index in [1.165, 1.54) is 10.5 Å². The van der Waals surface area contributed by atoms with Crippen LogP contribution in [0, 0.1) is 0 Å². The number of nitrogens with one attached hydrogen (secondary N) is 1. The second-order valence-electron chi connectivity index (χ2n) is 3.44. The molecule has 0 unspecified atom stereocenters. The summed E-state index contributed by atoms with van der Waals surface area (Å²) in [6, 6.07) is 10.4. The van der Waals surface area contributed by atoms with Crippen LogP contribution in [0.3, 0.4) is 0 Å². The minimum Gasteiger partial charge on any atom is -0.364 e. The Morgan fingerprint density at radius 3 is 2.62 bits per heavy atom. The van der Waals surface area contributed by atoms with Gasteiger partial charge in [0.25, 0.3) is 0 Å². The van der Waals surface area contributed by atoms with Gasteiger partial charge in [-0.15, -0.1) is 11.8 Å². The van der Waals surface area contributed by atoms with Gasteiger partial charge < -0.3 is 9.84 Å². The van der Waals surface area contributed by atoms with Crippen LogP contribution in [0.15, 0.2) is 46.0 Å². The van der Waals surface area contributed by atoms with Crippen molar-refractivity contribution >= 4 is 11.8 Å². The fourth-order valence-electron chi connectivity index (χ4n) is 1.41. The van der Waals surface area contributed by atoms with Gasteiger partial charge in [0, 0.05) is 24.1 Å². The smallest absolute Gasteiger partial charge is 0.124 e. The zero-order valence-corrected chi connectivity index (χ0v) is 9.96. The average molecular weight is 234 g/mol. The van der Waals surface area contributed by atoms with Crippen molar-refractivity contribution in [3.05, 3.63) is 47.9 Å². The summed E-state index contributed by atoms with van der Waals surface area (Å²) in [5.41, 5.74) is 2.21. The van der Waals surface area contributed by atoms with Crippen molar-refractivity contribution in [3.8, 4) is 0 Å². The number of hydrogen-bond acceptors (Lipinski definition) is 4. The first-order valence-electron chi connectivity index (χ1n) is 5.11. The number of rotatable bonds is 5. The molecule has 0 bridgehead atoms. The Balaban J connectivity index is 1.81. The molecule has 1 aromatic carbocycles. The molecule has 0 aliphatic rings. The molecule has 0 amide bonds. The van der Waals surface area contributed by atoms with Gasteiger partial charge in [0.2, 0.25) is 0 Å². The third-order valence-electron chi connectivity index (χ3n) is 2.29. The van der Waals surface area contributed by atoms with Crippen molar-refractivity contribution < 1.29 is 4.52 Å². The first kappa shape index (κ1) is 11.2. The lowest BCUT2D eigenvalue weighted by molar-refractivity contribution is 0.408. The van der Waals surface area contributed by atoms with E-state index >= 15 is 0 Å². The van der Waals surface area contributed by atoms with Gasteiger partial charge in [0.1, 0.15) is 6.26 Å². The molecule has 84 valence electrons. The molecule has 0 radical (unpaired) electrons. The quantitative estimate of drug-likeness (QED) is 0.807. The van der Waals surface area contributed by atoms with Crippen LogP contribution >= 0.6 is 11.8 Å². The largest absolute Gasteiger partial charge is 0.364 e. The minimum atomic E-state index is 0.737. The third kappa shape index (κ3) is 3.12. The second kappa shape index (κ2) is 5.72. The Morgan fingerprint density at radius 2 is 2.00 bits per heavy atom. The number of benzene rings is 1. The van der Waals surface area contributed by atoms with Gasteiger partial charge in [-0.2, -0.15) is 0 Å². The molecule has 4 heteroatoms. The first-order chi connectivity index (χ1) is 7.88. The number of nitrogens with zero attached hydrogens (tertiary/aromatic N) is 1. The van der Waals surface area contributed by atoms with Crippen molar-refractivity contribution in [1.82, 2.24) is 10.5 Å². The summed E-state index contributed by atoms with van der Waals surface area (Å²) in [6.07, 6.45) is 3.67. The molecule has 2 rings (SSSR count). The van der Waals surface area contributed by atoms with Crippen LogP contribution < -0.4 is 5.32 Å². The molecule has 0 spiro atoms. The van der Waals surface area contributed by atoms with E-state index in [1.807, 2.05) is 6.07 Å². The summed E-state index contributed by atoms with van der Waals surface area (Å²) < 4.78 is 4.75. The van der Waals surface area contributed by atoms with Crippen LogP contribution in [0.25, 0.3) is 0 Å². The summed E-state index contributed by atoms with van der Waals surface area (Å²) in [5, 5.41) is 7.15. The molecule has 0 aliphatic heterocycles. The molecular formula is C12H14N2OS. The molecule has 0 fully saturated rings. The van der Waals surface area contributed by atoms with E-state index < -0.39 is 0 Å². The van der Waals surface area contributed by atoms with Gasteiger partial charge in [0.15, 0.2) is 0 Å². The van der Waals surface area contributed by atoms with Crippen molar-refractivity contribution in [2.24, 2.45) is 0 Å². The molecule has 1 aromatic heterocycles. The molecular weight excluding hydrogens is 220 g/mol. The highest BCUT2D eigenvalue weighted by Gasteiger charge is 1.97. The topological polar surface area (TPSA) is 38.1 Å². The third-order valence-corrected chi connectivity index (χ3v) is 3.03. The highest BCUT2D eigenvalue weighted by Crippen LogP contribution is 2.14. The number of aromatic nitrogens is 1. The van der Waals surface area contributed by atoms with Crippen LogP contribution in [0.1, 0.15) is 11.3 Å². The molecule has 0 aliphatic carbocycles. The van der Waals surface area contributed by atoms with E-state index in [-0.39, 0.29) is 0 Å². The molecule has 1 N–H and O–H groups in total. The molecule has 0 saturated carbocycles. The lowest BCUT2D eigenvalue weighted by Gasteiger charge is -2.03. The van der Waals surface area contributed by atoms with E-state index in [2.05, 4.69) is 41.0 Å². The van der Waals surface area contributed by atoms with Gasteiger partial charge in [-0.1, -0.05) is 17.3 Å². The van der Waals surface area contributed by atoms with Crippen molar-refractivity contribution in [2.45, 2.75) is 18.0 Å². The Kier molecular flexibility index (Phi) is 4.02. The van der Waals surface area contributed by atoms with Crippen molar-refractivity contribution in [3.63, 3.8) is 0 Å². The zero-order valence-electron chi connectivity index (χ0n) is 9.14. The molecule has 16 heavy (non-hydrogen) atoms. The van der Waals surface area contributed by atoms with Gasteiger partial charge in [-0.3, -0.25) is 0 Å². The maximum absolute atomic E-state index is 4.75. The highest BCUT2D eigenvalue weighted by atomic mass is 32.2. The van der Waals surface area contributed by atoms with Gasteiger partial charge >= 0.3 is 0 Å². The first-order valence-corrected chi connectivity index (χ1v) is 6.34. The second-order valence-corrected chi connectivity index (χ2v) is 4.32. The maximum Gasteiger partial charge on any atom is 0.124 e. The van der Waals surface area contributed by atoms with E-state index in [4.69, 9.17) is 4.52 Å². The summed E-state index contributed by atoms with van der Waals surface area (Å²) in [4.78, 5) is 1.29. The SMILES string of the molecule is CSc1ccc(CNCc2ccon2)cc1. The lowest BCUT2D eigenvalue weighted by Crippen LogP contribution is -2.12. The molecule has 0 atom stereocenters. The van der Waals surface area contributed by atoms with E-state index in [0.717, 1.165) is 18.8 Å². The monoisotopic (exact) mass is 234 g/mol. The Morgan fingerprint density at radius 1 is 1.19 bits per heavy atom. The molecule has 2 aromatic rings. The highest BCUT2D eigenvalue weighted by molar-refractivity contribution is 7.98. The normalized spacial score (nSPS) is 10.6. The summed E-state index contributed by atoms with van der Waals surface area (Å²) in [7, 11) is 0. The van der Waals surface area contributed by atoms with Gasteiger partial charge in [0.05, 0.1) is 5.69 Å². The van der Waals surface area contributed by atoms with Crippen LogP contribution in [-0.2, 0) is 13.1 Å².